The molecule has 1 heterocycles. The Morgan fingerprint density at radius 3 is 2.94 bits per heavy atom. The number of nitrogens with one attached hydrogen (secondary N) is 1. The zero-order chi connectivity index (χ0) is 11.5. The molecule has 2 aromatic rings. The van der Waals surface area contributed by atoms with E-state index in [1.165, 1.54) is 23.5 Å². The van der Waals surface area contributed by atoms with Crippen LogP contribution in [0.25, 0.3) is 0 Å². The number of hydrogen-bond donors (Lipinski definition) is 2. The number of anilines is 1. The predicted octanol–water partition coefficient (Wildman–Crippen LogP) is 1.80. The molecule has 0 saturated heterocycles. The molecule has 0 spiro atoms. The smallest absolute Gasteiger partial charge is 0.257 e. The maximum absolute atomic E-state index is 11.8. The summed E-state index contributed by atoms with van der Waals surface area (Å²) in [5, 5.41) is 19.6. The molecule has 16 heavy (non-hydrogen) atoms. The molecule has 2 N–H and O–H groups in total. The van der Waals surface area contributed by atoms with Crippen molar-refractivity contribution in [3.05, 3.63) is 34.8 Å². The van der Waals surface area contributed by atoms with E-state index in [-0.39, 0.29) is 11.7 Å². The number of rotatable bonds is 2. The summed E-state index contributed by atoms with van der Waals surface area (Å²) in [6.45, 7) is 1.76. The molecule has 2 rings (SSSR count). The van der Waals surface area contributed by atoms with Gasteiger partial charge in [0.05, 0.1) is 0 Å². The Labute approximate surface area is 95.8 Å². The van der Waals surface area contributed by atoms with Crippen molar-refractivity contribution >= 4 is 22.4 Å². The maximum atomic E-state index is 11.8. The fraction of sp³-hybridized carbons (Fsp3) is 0.100. The summed E-state index contributed by atoms with van der Waals surface area (Å²) in [5.74, 6) is -0.112. The van der Waals surface area contributed by atoms with Crippen molar-refractivity contribution in [2.75, 3.05) is 5.32 Å². The van der Waals surface area contributed by atoms with Crippen LogP contribution >= 0.6 is 11.3 Å². The van der Waals surface area contributed by atoms with E-state index in [9.17, 15) is 9.90 Å². The lowest BCUT2D eigenvalue weighted by atomic mass is 10.1. The first-order valence-corrected chi connectivity index (χ1v) is 5.42. The van der Waals surface area contributed by atoms with E-state index in [0.29, 0.717) is 16.3 Å². The molecule has 1 aromatic carbocycles. The van der Waals surface area contributed by atoms with E-state index >= 15 is 0 Å². The molecular formula is C10H9N3O2S. The highest BCUT2D eigenvalue weighted by Gasteiger charge is 2.10. The largest absolute Gasteiger partial charge is 0.508 e. The zero-order valence-electron chi connectivity index (χ0n) is 8.47. The number of carbonyl (C=O) groups is 1. The normalized spacial score (nSPS) is 10.1. The van der Waals surface area contributed by atoms with Crippen LogP contribution in [0.15, 0.2) is 23.7 Å². The molecule has 1 amide bonds. The second-order valence-corrected chi connectivity index (χ2v) is 4.03. The minimum Gasteiger partial charge on any atom is -0.508 e. The average Bonchev–Trinajstić information content (AvgIpc) is 2.70. The van der Waals surface area contributed by atoms with E-state index in [1.807, 2.05) is 0 Å². The molecule has 0 aliphatic carbocycles. The van der Waals surface area contributed by atoms with E-state index in [4.69, 9.17) is 0 Å². The molecule has 0 fully saturated rings. The molecule has 82 valence electrons. The lowest BCUT2D eigenvalue weighted by Gasteiger charge is -2.05. The first-order chi connectivity index (χ1) is 7.66. The second-order valence-electron chi connectivity index (χ2n) is 3.20. The monoisotopic (exact) mass is 235 g/mol. The average molecular weight is 235 g/mol. The van der Waals surface area contributed by atoms with Crippen molar-refractivity contribution in [1.29, 1.82) is 0 Å². The van der Waals surface area contributed by atoms with Crippen LogP contribution in [0.4, 0.5) is 5.13 Å². The Morgan fingerprint density at radius 2 is 2.31 bits per heavy atom. The molecule has 0 aliphatic heterocycles. The van der Waals surface area contributed by atoms with Gasteiger partial charge in [0.1, 0.15) is 11.3 Å². The predicted molar refractivity (Wildman–Crippen MR) is 60.7 cm³/mol. The molecule has 0 radical (unpaired) electrons. The Morgan fingerprint density at radius 1 is 1.50 bits per heavy atom. The highest BCUT2D eigenvalue weighted by molar-refractivity contribution is 7.13. The molecule has 0 bridgehead atoms. The fourth-order valence-electron chi connectivity index (χ4n) is 1.29. The molecule has 1 aromatic heterocycles. The summed E-state index contributed by atoms with van der Waals surface area (Å²) in [6, 6.07) is 4.58. The van der Waals surface area contributed by atoms with Gasteiger partial charge in [0, 0.05) is 5.56 Å². The van der Waals surface area contributed by atoms with Crippen LogP contribution in [0.3, 0.4) is 0 Å². The Balaban J connectivity index is 2.21. The third-order valence-corrected chi connectivity index (χ3v) is 2.64. The Hall–Kier alpha value is -1.95. The summed E-state index contributed by atoms with van der Waals surface area (Å²) in [5.41, 5.74) is 2.76. The molecule has 0 aliphatic rings. The van der Waals surface area contributed by atoms with Gasteiger partial charge in [-0.3, -0.25) is 10.1 Å². The van der Waals surface area contributed by atoms with Gasteiger partial charge < -0.3 is 5.11 Å². The van der Waals surface area contributed by atoms with E-state index < -0.39 is 0 Å². The lowest BCUT2D eigenvalue weighted by molar-refractivity contribution is 0.102. The van der Waals surface area contributed by atoms with Gasteiger partial charge in [-0.05, 0) is 30.7 Å². The van der Waals surface area contributed by atoms with Gasteiger partial charge in [0.2, 0.25) is 5.13 Å². The topological polar surface area (TPSA) is 75.1 Å². The van der Waals surface area contributed by atoms with Crippen LogP contribution in [-0.4, -0.2) is 21.2 Å². The van der Waals surface area contributed by atoms with E-state index in [1.54, 1.807) is 18.5 Å². The number of phenols is 1. The van der Waals surface area contributed by atoms with Crippen LogP contribution < -0.4 is 5.32 Å². The van der Waals surface area contributed by atoms with Crippen LogP contribution in [0, 0.1) is 6.92 Å². The SMILES string of the molecule is Cc1cc(O)ccc1C(=O)Nc1nncs1. The van der Waals surface area contributed by atoms with Gasteiger partial charge in [0.25, 0.3) is 5.91 Å². The van der Waals surface area contributed by atoms with Crippen molar-refractivity contribution in [2.45, 2.75) is 6.92 Å². The first kappa shape index (κ1) is 10.6. The Kier molecular flexibility index (Phi) is 2.82. The van der Waals surface area contributed by atoms with Crippen LogP contribution in [0.1, 0.15) is 15.9 Å². The summed E-state index contributed by atoms with van der Waals surface area (Å²) < 4.78 is 0. The van der Waals surface area contributed by atoms with Gasteiger partial charge in [-0.25, -0.2) is 0 Å². The molecule has 6 heteroatoms. The van der Waals surface area contributed by atoms with Crippen molar-refractivity contribution < 1.29 is 9.90 Å². The Bertz CT molecular complexity index is 511. The van der Waals surface area contributed by atoms with Crippen molar-refractivity contribution in [3.63, 3.8) is 0 Å². The third-order valence-electron chi connectivity index (χ3n) is 2.04. The highest BCUT2D eigenvalue weighted by atomic mass is 32.1. The molecule has 0 saturated carbocycles. The number of aryl methyl sites for hydroxylation is 1. The number of phenolic OH excluding ortho intramolecular Hbond substituents is 1. The summed E-state index contributed by atoms with van der Waals surface area (Å²) >= 11 is 1.25. The minimum absolute atomic E-state index is 0.143. The summed E-state index contributed by atoms with van der Waals surface area (Å²) in [4.78, 5) is 11.8. The number of hydrogen-bond acceptors (Lipinski definition) is 5. The van der Waals surface area contributed by atoms with Gasteiger partial charge in [-0.2, -0.15) is 0 Å². The van der Waals surface area contributed by atoms with Crippen molar-refractivity contribution in [3.8, 4) is 5.75 Å². The van der Waals surface area contributed by atoms with Crippen molar-refractivity contribution in [1.82, 2.24) is 10.2 Å². The number of aromatic nitrogens is 2. The summed E-state index contributed by atoms with van der Waals surface area (Å²) in [7, 11) is 0. The third kappa shape index (κ3) is 2.17. The zero-order valence-corrected chi connectivity index (χ0v) is 9.28. The van der Waals surface area contributed by atoms with Crippen LogP contribution in [0.2, 0.25) is 0 Å². The fourth-order valence-corrected chi connectivity index (χ4v) is 1.73. The number of nitrogens with zero attached hydrogens (tertiary/aromatic N) is 2. The first-order valence-electron chi connectivity index (χ1n) is 4.54. The van der Waals surface area contributed by atoms with Crippen molar-refractivity contribution in [2.24, 2.45) is 0 Å². The number of amides is 1. The number of aromatic hydroxyl groups is 1. The summed E-state index contributed by atoms with van der Waals surface area (Å²) in [6.07, 6.45) is 0. The van der Waals surface area contributed by atoms with Gasteiger partial charge in [-0.1, -0.05) is 11.3 Å². The second kappa shape index (κ2) is 4.28. The van der Waals surface area contributed by atoms with E-state index in [2.05, 4.69) is 15.5 Å². The van der Waals surface area contributed by atoms with Crippen LogP contribution in [-0.2, 0) is 0 Å². The number of benzene rings is 1. The number of carbonyl (C=O) groups excluding carboxylic acids is 1. The molecule has 0 atom stereocenters. The molecule has 5 nitrogen and oxygen atoms in total. The van der Waals surface area contributed by atoms with Gasteiger partial charge >= 0.3 is 0 Å². The molecular weight excluding hydrogens is 226 g/mol. The standard InChI is InChI=1S/C10H9N3O2S/c1-6-4-7(14)2-3-8(6)9(15)12-10-13-11-5-16-10/h2-5,14H,1H3,(H,12,13,15). The highest BCUT2D eigenvalue weighted by Crippen LogP contribution is 2.17. The maximum Gasteiger partial charge on any atom is 0.257 e. The van der Waals surface area contributed by atoms with Crippen LogP contribution in [0.5, 0.6) is 5.75 Å². The van der Waals surface area contributed by atoms with E-state index in [0.717, 1.165) is 0 Å². The van der Waals surface area contributed by atoms with Gasteiger partial charge in [0.15, 0.2) is 0 Å². The minimum atomic E-state index is -0.255. The van der Waals surface area contributed by atoms with Gasteiger partial charge in [-0.15, -0.1) is 10.2 Å². The quantitative estimate of drug-likeness (QED) is 0.832. The molecule has 0 unspecified atom stereocenters. The lowest BCUT2D eigenvalue weighted by Crippen LogP contribution is -2.13.